The van der Waals surface area contributed by atoms with E-state index in [2.05, 4.69) is 362 Å². The summed E-state index contributed by atoms with van der Waals surface area (Å²) in [4.78, 5) is 4.44. The Kier molecular flexibility index (Phi) is 15.8. The van der Waals surface area contributed by atoms with E-state index in [0.29, 0.717) is 12.1 Å². The van der Waals surface area contributed by atoms with Crippen LogP contribution in [0.2, 0.25) is 0 Å². The first-order valence-corrected chi connectivity index (χ1v) is 37.7. The van der Waals surface area contributed by atoms with Gasteiger partial charge in [0.05, 0.1) is 10.8 Å². The third kappa shape index (κ3) is 11.1. The second-order valence-electron chi connectivity index (χ2n) is 29.8. The number of nitrogens with zero attached hydrogens (tertiary/aromatic N) is 2. The fourth-order valence-electron chi connectivity index (χ4n) is 18.3. The summed E-state index contributed by atoms with van der Waals surface area (Å²) in [6.07, 6.45) is -4.15. The number of furan rings is 2. The second kappa shape index (κ2) is 26.3. The average Bonchev–Trinajstić information content (AvgIpc) is 1.56. The van der Waals surface area contributed by atoms with Gasteiger partial charge in [0.2, 0.25) is 0 Å². The van der Waals surface area contributed by atoms with Crippen LogP contribution in [0.1, 0.15) is 69.5 Å². The quantitative estimate of drug-likeness (QED) is 0.0964. The predicted molar refractivity (Wildman–Crippen MR) is 446 cm³/mol. The normalized spacial score (nSPS) is 13.3. The Labute approximate surface area is 641 Å². The van der Waals surface area contributed by atoms with E-state index in [9.17, 15) is 13.2 Å². The maximum atomic E-state index is 13.7. The number of para-hydroxylation sites is 3. The molecule has 18 aromatic rings. The zero-order valence-electron chi connectivity index (χ0n) is 60.8. The maximum Gasteiger partial charge on any atom is 0.573 e. The van der Waals surface area contributed by atoms with Gasteiger partial charge in [-0.1, -0.05) is 287 Å². The first-order chi connectivity index (χ1) is 54.4. The van der Waals surface area contributed by atoms with E-state index < -0.39 is 17.2 Å². The molecule has 0 atom stereocenters. The number of fused-ring (bicyclic) bond motifs is 12. The molecule has 0 unspecified atom stereocenters. The van der Waals surface area contributed by atoms with E-state index in [-0.39, 0.29) is 11.2 Å². The van der Waals surface area contributed by atoms with E-state index >= 15 is 0 Å². The van der Waals surface area contributed by atoms with Crippen LogP contribution in [-0.2, 0) is 22.7 Å². The molecule has 2 aromatic heterocycles. The van der Waals surface area contributed by atoms with E-state index in [1.807, 2.05) is 24.3 Å². The van der Waals surface area contributed by atoms with Crippen molar-refractivity contribution in [3.8, 4) is 50.3 Å². The van der Waals surface area contributed by atoms with Crippen molar-refractivity contribution in [3.05, 3.63) is 438 Å². The number of alkyl halides is 3. The van der Waals surface area contributed by atoms with Gasteiger partial charge in [0.25, 0.3) is 0 Å². The van der Waals surface area contributed by atoms with Gasteiger partial charge < -0.3 is 23.4 Å². The molecule has 20 rings (SSSR count). The molecule has 2 aliphatic rings. The molecule has 0 saturated heterocycles. The molecular weight excluding hydrogens is 1370 g/mol. The van der Waals surface area contributed by atoms with Gasteiger partial charge >= 0.3 is 6.36 Å². The van der Waals surface area contributed by atoms with Crippen LogP contribution in [0.15, 0.2) is 391 Å². The minimum atomic E-state index is -4.85. The molecule has 0 saturated carbocycles. The van der Waals surface area contributed by atoms with Gasteiger partial charge in [-0.15, -0.1) is 13.2 Å². The van der Waals surface area contributed by atoms with Crippen LogP contribution in [0.5, 0.6) is 5.75 Å². The highest BCUT2D eigenvalue weighted by Crippen LogP contribution is 2.59. The van der Waals surface area contributed by atoms with Crippen molar-refractivity contribution in [1.82, 2.24) is 0 Å². The zero-order chi connectivity index (χ0) is 74.6. The molecule has 5 nitrogen and oxygen atoms in total. The summed E-state index contributed by atoms with van der Waals surface area (Å²) in [6.45, 7) is 4.65. The monoisotopic (exact) mass is 1440 g/mol. The molecule has 2 heterocycles. The van der Waals surface area contributed by atoms with Crippen LogP contribution in [0.25, 0.3) is 88.4 Å². The van der Waals surface area contributed by atoms with E-state index in [0.717, 1.165) is 111 Å². The number of anilines is 6. The molecule has 8 heteroatoms. The lowest BCUT2D eigenvalue weighted by atomic mass is 9.68. The molecule has 0 fully saturated rings. The molecule has 2 aliphatic carbocycles. The van der Waals surface area contributed by atoms with Gasteiger partial charge in [0, 0.05) is 66.8 Å². The molecule has 111 heavy (non-hydrogen) atoms. The zero-order valence-corrected chi connectivity index (χ0v) is 60.8. The number of hydrogen-bond acceptors (Lipinski definition) is 5. The largest absolute Gasteiger partial charge is 0.573 e. The van der Waals surface area contributed by atoms with E-state index in [1.165, 1.54) is 73.3 Å². The highest BCUT2D eigenvalue weighted by atomic mass is 19.4. The number of rotatable bonds is 16. The van der Waals surface area contributed by atoms with Crippen LogP contribution in [-0.4, -0.2) is 6.36 Å². The van der Waals surface area contributed by atoms with Crippen LogP contribution in [0, 0.1) is 0 Å². The third-order valence-corrected chi connectivity index (χ3v) is 23.1. The Morgan fingerprint density at radius 3 is 1.07 bits per heavy atom. The SMILES string of the molecule is CC(C)(Cc1cc(-c2ccc(N(c3ccc(OC(F)(F)F)cc3)c3ccc(C4(c5ccccc5)c5ccccc5-c5ccccc54)cc3)cc2)c2oc3ccccc3c2c1)c1ccc(N(c2ccc(-c3cccc4c3oc3ccccc34)cc2)c2ccc(C3(c4ccccc4)c4ccccc4-c4ccccc43)cc2)cc1. The van der Waals surface area contributed by atoms with Crippen LogP contribution in [0.4, 0.5) is 47.3 Å². The molecule has 0 spiro atoms. The first-order valence-electron chi connectivity index (χ1n) is 37.7. The average molecular weight is 1440 g/mol. The standard InChI is InChI=1S/C103H71F3N2O3/c1-100(2,70-44-54-77(55-45-70)107(75-50-40-68(41-51-75)82-32-21-33-89-87-30-13-19-38-96(87)109-98(82)89)78-56-46-73(47-57-78)101(71-22-5-3-6-23-71)92-34-15-9-26-83(92)84-27-10-16-35-93(84)101)66-67-64-90(99-91(65-67)88-31-14-20-39-97(88)110-99)69-42-52-76(53-43-69)108(80-60-62-81(63-61-80)111-103(104,105)106)79-58-48-74(49-59-79)102(72-24-7-4-8-25-72)94-36-17-11-28-85(94)86-29-12-18-37-95(86)102/h3-65H,66H2,1-2H3. The number of benzene rings is 16. The van der Waals surface area contributed by atoms with Crippen molar-refractivity contribution in [1.29, 1.82) is 0 Å². The molecular formula is C103H71F3N2O3. The molecule has 0 N–H and O–H groups in total. The Morgan fingerprint density at radius 2 is 0.631 bits per heavy atom. The highest BCUT2D eigenvalue weighted by Gasteiger charge is 2.48. The molecule has 0 bridgehead atoms. The third-order valence-electron chi connectivity index (χ3n) is 23.1. The van der Waals surface area contributed by atoms with Gasteiger partial charge in [0.1, 0.15) is 28.1 Å². The van der Waals surface area contributed by atoms with Crippen molar-refractivity contribution in [2.75, 3.05) is 9.80 Å². The minimum absolute atomic E-state index is 0.303. The summed E-state index contributed by atoms with van der Waals surface area (Å²) >= 11 is 0. The smallest absolute Gasteiger partial charge is 0.455 e. The Balaban J connectivity index is 0.653. The lowest BCUT2D eigenvalue weighted by Gasteiger charge is -2.34. The van der Waals surface area contributed by atoms with Crippen molar-refractivity contribution < 1.29 is 26.7 Å². The highest BCUT2D eigenvalue weighted by molar-refractivity contribution is 6.11. The van der Waals surface area contributed by atoms with Gasteiger partial charge in [-0.3, -0.25) is 0 Å². The lowest BCUT2D eigenvalue weighted by molar-refractivity contribution is -0.274. The fraction of sp³-hybridized carbons (Fsp3) is 0.0680. The second-order valence-corrected chi connectivity index (χ2v) is 29.8. The van der Waals surface area contributed by atoms with Gasteiger partial charge in [-0.25, -0.2) is 0 Å². The Morgan fingerprint density at radius 1 is 0.297 bits per heavy atom. The molecule has 0 radical (unpaired) electrons. The first kappa shape index (κ1) is 66.7. The lowest BCUT2D eigenvalue weighted by Crippen LogP contribution is -2.28. The topological polar surface area (TPSA) is 42.0 Å². The summed E-state index contributed by atoms with van der Waals surface area (Å²) in [5.74, 6) is -0.303. The number of ether oxygens (including phenoxy) is 1. The Hall–Kier alpha value is -13.7. The molecule has 0 aliphatic heterocycles. The van der Waals surface area contributed by atoms with Crippen molar-refractivity contribution >= 4 is 78.0 Å². The van der Waals surface area contributed by atoms with E-state index in [1.54, 1.807) is 12.1 Å². The molecule has 0 amide bonds. The molecule has 16 aromatic carbocycles. The van der Waals surface area contributed by atoms with Crippen LogP contribution >= 0.6 is 0 Å². The summed E-state index contributed by atoms with van der Waals surface area (Å²) in [5, 5.41) is 4.24. The fourth-order valence-corrected chi connectivity index (χ4v) is 18.3. The number of halogens is 3. The van der Waals surface area contributed by atoms with Gasteiger partial charge in [-0.05, 0) is 210 Å². The molecule has 532 valence electrons. The van der Waals surface area contributed by atoms with Crippen LogP contribution in [0.3, 0.4) is 0 Å². The van der Waals surface area contributed by atoms with Crippen molar-refractivity contribution in [2.45, 2.75) is 42.9 Å². The van der Waals surface area contributed by atoms with Gasteiger partial charge in [-0.2, -0.15) is 0 Å². The van der Waals surface area contributed by atoms with E-state index in [4.69, 9.17) is 8.83 Å². The van der Waals surface area contributed by atoms with Gasteiger partial charge in [0.15, 0.2) is 0 Å². The summed E-state index contributed by atoms with van der Waals surface area (Å²) < 4.78 is 58.8. The number of hydrogen-bond donors (Lipinski definition) is 0. The minimum Gasteiger partial charge on any atom is -0.455 e. The predicted octanol–water partition coefficient (Wildman–Crippen LogP) is 27.9. The maximum absolute atomic E-state index is 13.7. The summed E-state index contributed by atoms with van der Waals surface area (Å²) in [5.41, 5.74) is 27.9. The van der Waals surface area contributed by atoms with Crippen LogP contribution < -0.4 is 14.5 Å². The summed E-state index contributed by atoms with van der Waals surface area (Å²) in [6, 6.07) is 134. The Bertz CT molecular complexity index is 6470. The van der Waals surface area contributed by atoms with Crippen molar-refractivity contribution in [3.63, 3.8) is 0 Å². The van der Waals surface area contributed by atoms with Crippen molar-refractivity contribution in [2.24, 2.45) is 0 Å². The summed E-state index contributed by atoms with van der Waals surface area (Å²) in [7, 11) is 0.